The minimum atomic E-state index is -0.739. The van der Waals surface area contributed by atoms with Crippen LogP contribution < -0.4 is 16.4 Å². The molecular formula is C28H40N6O3S. The van der Waals surface area contributed by atoms with E-state index in [0.29, 0.717) is 19.4 Å². The van der Waals surface area contributed by atoms with Gasteiger partial charge in [-0.1, -0.05) is 45.0 Å². The number of likely N-dealkylation sites (tertiary alicyclic amines) is 1. The number of nitrogens with zero attached hydrogens (tertiary/aromatic N) is 3. The molecule has 2 heterocycles. The molecule has 2 fully saturated rings. The number of nitrogens with two attached hydrogens (primary N) is 1. The highest BCUT2D eigenvalue weighted by Crippen LogP contribution is 2.41. The van der Waals surface area contributed by atoms with Crippen LogP contribution in [0, 0.1) is 12.3 Å². The Morgan fingerprint density at radius 1 is 1.16 bits per heavy atom. The normalized spacial score (nSPS) is 20.2. The Kier molecular flexibility index (Phi) is 7.97. The van der Waals surface area contributed by atoms with Crippen LogP contribution in [-0.2, 0) is 14.4 Å². The van der Waals surface area contributed by atoms with Gasteiger partial charge in [0.25, 0.3) is 0 Å². The van der Waals surface area contributed by atoms with E-state index < -0.39 is 29.2 Å². The maximum atomic E-state index is 13.8. The number of rotatable bonds is 8. The van der Waals surface area contributed by atoms with Crippen molar-refractivity contribution in [3.05, 3.63) is 41.0 Å². The zero-order valence-corrected chi connectivity index (χ0v) is 24.0. The first-order valence-electron chi connectivity index (χ1n) is 13.2. The van der Waals surface area contributed by atoms with E-state index in [4.69, 9.17) is 5.73 Å². The molecule has 2 aromatic rings. The summed E-state index contributed by atoms with van der Waals surface area (Å²) in [5.41, 5.74) is 9.91. The van der Waals surface area contributed by atoms with Gasteiger partial charge in [-0.15, -0.1) is 11.3 Å². The number of likely N-dealkylation sites (N-methyl/N-ethyl adjacent to an activating group) is 1. The quantitative estimate of drug-likeness (QED) is 0.443. The second kappa shape index (κ2) is 10.7. The summed E-state index contributed by atoms with van der Waals surface area (Å²) in [6, 6.07) is 6.39. The Hall–Kier alpha value is -2.82. The molecule has 2 aliphatic rings. The molecular weight excluding hydrogens is 500 g/mol. The van der Waals surface area contributed by atoms with E-state index >= 15 is 0 Å². The molecule has 206 valence electrons. The number of amides is 3. The Balaban J connectivity index is 1.43. The van der Waals surface area contributed by atoms with Crippen molar-refractivity contribution >= 4 is 29.1 Å². The monoisotopic (exact) mass is 540 g/mol. The lowest BCUT2D eigenvalue weighted by molar-refractivity contribution is -0.145. The first-order valence-corrected chi connectivity index (χ1v) is 14.1. The second-order valence-electron chi connectivity index (χ2n) is 11.8. The maximum absolute atomic E-state index is 13.8. The molecule has 3 atom stereocenters. The van der Waals surface area contributed by atoms with E-state index in [1.807, 2.05) is 76.5 Å². The Morgan fingerprint density at radius 2 is 1.82 bits per heavy atom. The number of aromatic nitrogens is 1. The molecule has 1 aliphatic carbocycles. The van der Waals surface area contributed by atoms with Gasteiger partial charge in [0.15, 0.2) is 0 Å². The van der Waals surface area contributed by atoms with Crippen LogP contribution in [0.15, 0.2) is 29.8 Å². The summed E-state index contributed by atoms with van der Waals surface area (Å²) in [6.45, 7) is 8.25. The van der Waals surface area contributed by atoms with E-state index in [9.17, 15) is 14.4 Å². The number of aryl methyl sites for hydroxylation is 1. The number of hydrogen-bond acceptors (Lipinski definition) is 7. The topological polar surface area (TPSA) is 121 Å². The number of carbonyl (C=O) groups excluding carboxylic acids is 3. The van der Waals surface area contributed by atoms with Gasteiger partial charge in [0.05, 0.1) is 21.6 Å². The highest BCUT2D eigenvalue weighted by molar-refractivity contribution is 7.13. The van der Waals surface area contributed by atoms with Crippen molar-refractivity contribution in [1.82, 2.24) is 25.4 Å². The van der Waals surface area contributed by atoms with Crippen molar-refractivity contribution in [2.45, 2.75) is 77.2 Å². The van der Waals surface area contributed by atoms with Crippen LogP contribution in [0.2, 0.25) is 0 Å². The van der Waals surface area contributed by atoms with Crippen LogP contribution in [0.25, 0.3) is 10.4 Å². The summed E-state index contributed by atoms with van der Waals surface area (Å²) >= 11 is 1.58. The molecule has 3 amide bonds. The van der Waals surface area contributed by atoms with Crippen molar-refractivity contribution in [2.24, 2.45) is 11.1 Å². The zero-order chi connectivity index (χ0) is 27.8. The van der Waals surface area contributed by atoms with Gasteiger partial charge in [-0.05, 0) is 63.2 Å². The Morgan fingerprint density at radius 3 is 2.34 bits per heavy atom. The third-order valence-corrected chi connectivity index (χ3v) is 8.78. The van der Waals surface area contributed by atoms with E-state index in [1.54, 1.807) is 16.2 Å². The minimum Gasteiger partial charge on any atom is -0.342 e. The van der Waals surface area contributed by atoms with Crippen molar-refractivity contribution in [1.29, 1.82) is 0 Å². The van der Waals surface area contributed by atoms with Gasteiger partial charge in [0.1, 0.15) is 18.2 Å². The average molecular weight is 541 g/mol. The predicted molar refractivity (Wildman–Crippen MR) is 149 cm³/mol. The molecule has 1 aromatic carbocycles. The van der Waals surface area contributed by atoms with Gasteiger partial charge < -0.3 is 21.3 Å². The molecule has 1 saturated carbocycles. The SMILES string of the molecule is Cc1ncsc1-c1ccc(C(N)NC(=O)C2CCCN2C(=O)C(NC(=O)C2(N(C)C)CC2)C(C)(C)C)cc1. The molecule has 4 rings (SSSR count). The molecule has 3 unspecified atom stereocenters. The lowest BCUT2D eigenvalue weighted by Crippen LogP contribution is -2.60. The first-order chi connectivity index (χ1) is 17.8. The highest BCUT2D eigenvalue weighted by atomic mass is 32.1. The van der Waals surface area contributed by atoms with Gasteiger partial charge in [0.2, 0.25) is 17.7 Å². The summed E-state index contributed by atoms with van der Waals surface area (Å²) in [7, 11) is 3.77. The highest BCUT2D eigenvalue weighted by Gasteiger charge is 2.53. The molecule has 0 spiro atoms. The zero-order valence-electron chi connectivity index (χ0n) is 23.2. The summed E-state index contributed by atoms with van der Waals surface area (Å²) in [5, 5.41) is 5.93. The van der Waals surface area contributed by atoms with Crippen molar-refractivity contribution in [3.8, 4) is 10.4 Å². The molecule has 38 heavy (non-hydrogen) atoms. The third-order valence-electron chi connectivity index (χ3n) is 7.80. The lowest BCUT2D eigenvalue weighted by atomic mass is 9.85. The van der Waals surface area contributed by atoms with E-state index in [1.165, 1.54) is 0 Å². The number of carbonyl (C=O) groups is 3. The summed E-state index contributed by atoms with van der Waals surface area (Å²) in [5.74, 6) is -0.637. The van der Waals surface area contributed by atoms with Crippen molar-refractivity contribution in [2.75, 3.05) is 20.6 Å². The number of benzene rings is 1. The van der Waals surface area contributed by atoms with Crippen molar-refractivity contribution in [3.63, 3.8) is 0 Å². The molecule has 10 heteroatoms. The van der Waals surface area contributed by atoms with Crippen LogP contribution in [-0.4, -0.2) is 70.8 Å². The molecule has 4 N–H and O–H groups in total. The smallest absolute Gasteiger partial charge is 0.246 e. The summed E-state index contributed by atoms with van der Waals surface area (Å²) in [4.78, 5) is 49.2. The fourth-order valence-electron chi connectivity index (χ4n) is 5.13. The molecule has 1 saturated heterocycles. The molecule has 0 bridgehead atoms. The number of hydrogen-bond donors (Lipinski definition) is 3. The van der Waals surface area contributed by atoms with Gasteiger partial charge in [-0.2, -0.15) is 0 Å². The maximum Gasteiger partial charge on any atom is 0.246 e. The standard InChI is InChI=1S/C28H40N6O3S/c1-17-21(38-16-30-17)18-9-11-19(12-10-18)23(29)32-24(35)20-8-7-15-34(20)25(36)22(27(2,3)4)31-26(37)28(13-14-28)33(5)6/h9-12,16,20,22-23H,7-8,13-15,29H2,1-6H3,(H,31,37)(H,32,35). The fraction of sp³-hybridized carbons (Fsp3) is 0.571. The lowest BCUT2D eigenvalue weighted by Gasteiger charge is -2.37. The van der Waals surface area contributed by atoms with Crippen molar-refractivity contribution < 1.29 is 14.4 Å². The van der Waals surface area contributed by atoms with Crippen LogP contribution in [0.4, 0.5) is 0 Å². The van der Waals surface area contributed by atoms with E-state index in [2.05, 4.69) is 15.6 Å². The second-order valence-corrected chi connectivity index (χ2v) is 12.6. The largest absolute Gasteiger partial charge is 0.342 e. The Labute approximate surface area is 229 Å². The summed E-state index contributed by atoms with van der Waals surface area (Å²) in [6.07, 6.45) is 2.11. The van der Waals surface area contributed by atoms with E-state index in [-0.39, 0.29) is 17.7 Å². The van der Waals surface area contributed by atoms with Gasteiger partial charge >= 0.3 is 0 Å². The van der Waals surface area contributed by atoms with E-state index in [0.717, 1.165) is 34.5 Å². The molecule has 9 nitrogen and oxygen atoms in total. The molecule has 0 radical (unpaired) electrons. The summed E-state index contributed by atoms with van der Waals surface area (Å²) < 4.78 is 0. The first kappa shape index (κ1) is 28.2. The Bertz CT molecular complexity index is 1180. The van der Waals surface area contributed by atoms with Gasteiger partial charge in [-0.25, -0.2) is 4.98 Å². The minimum absolute atomic E-state index is 0.130. The van der Waals surface area contributed by atoms with Crippen LogP contribution in [0.1, 0.15) is 63.9 Å². The fourth-order valence-corrected chi connectivity index (χ4v) is 5.94. The number of nitrogens with one attached hydrogen (secondary N) is 2. The van der Waals surface area contributed by atoms with Crippen LogP contribution in [0.3, 0.4) is 0 Å². The van der Waals surface area contributed by atoms with Crippen LogP contribution in [0.5, 0.6) is 0 Å². The average Bonchev–Trinajstić information content (AvgIpc) is 3.33. The predicted octanol–water partition coefficient (Wildman–Crippen LogP) is 2.81. The molecule has 1 aliphatic heterocycles. The van der Waals surface area contributed by atoms with Crippen LogP contribution >= 0.6 is 11.3 Å². The third kappa shape index (κ3) is 5.62. The van der Waals surface area contributed by atoms with Gasteiger partial charge in [-0.3, -0.25) is 19.3 Å². The van der Waals surface area contributed by atoms with Gasteiger partial charge in [0, 0.05) is 6.54 Å². The molecule has 1 aromatic heterocycles. The number of thiazole rings is 1.